The lowest BCUT2D eigenvalue weighted by atomic mass is 10.2. The van der Waals surface area contributed by atoms with E-state index in [-0.39, 0.29) is 10.6 Å². The number of hydrogen-bond acceptors (Lipinski definition) is 3. The van der Waals surface area contributed by atoms with Crippen molar-refractivity contribution in [1.29, 1.82) is 0 Å². The summed E-state index contributed by atoms with van der Waals surface area (Å²) in [5.41, 5.74) is 1.99. The second-order valence-corrected chi connectivity index (χ2v) is 5.22. The summed E-state index contributed by atoms with van der Waals surface area (Å²) in [6.07, 6.45) is 0. The van der Waals surface area contributed by atoms with Gasteiger partial charge in [-0.2, -0.15) is 15.0 Å². The third-order valence-corrected chi connectivity index (χ3v) is 3.69. The number of rotatable bonds is 1. The first-order valence-corrected chi connectivity index (χ1v) is 7.05. The summed E-state index contributed by atoms with van der Waals surface area (Å²) >= 11 is 11.8. The molecule has 6 heteroatoms. The maximum Gasteiger partial charge on any atom is 0.240 e. The third kappa shape index (κ3) is 1.95. The summed E-state index contributed by atoms with van der Waals surface area (Å²) in [4.78, 5) is 12.2. The fourth-order valence-electron chi connectivity index (χ4n) is 2.55. The van der Waals surface area contributed by atoms with Gasteiger partial charge in [0, 0.05) is 10.8 Å². The van der Waals surface area contributed by atoms with Crippen LogP contribution in [0.5, 0.6) is 0 Å². The van der Waals surface area contributed by atoms with Crippen molar-refractivity contribution in [3.8, 4) is 5.95 Å². The van der Waals surface area contributed by atoms with E-state index in [2.05, 4.69) is 27.1 Å². The highest BCUT2D eigenvalue weighted by Crippen LogP contribution is 2.30. The monoisotopic (exact) mass is 314 g/mol. The van der Waals surface area contributed by atoms with Crippen molar-refractivity contribution in [1.82, 2.24) is 19.5 Å². The maximum atomic E-state index is 5.91. The normalized spacial score (nSPS) is 11.3. The smallest absolute Gasteiger partial charge is 0.240 e. The average Bonchev–Trinajstić information content (AvgIpc) is 2.81. The molecular weight excluding hydrogens is 307 g/mol. The van der Waals surface area contributed by atoms with Crippen LogP contribution in [0, 0.1) is 0 Å². The van der Waals surface area contributed by atoms with Crippen LogP contribution in [0.3, 0.4) is 0 Å². The molecule has 102 valence electrons. The minimum Gasteiger partial charge on any atom is -0.278 e. The molecule has 2 aromatic heterocycles. The molecule has 0 amide bonds. The van der Waals surface area contributed by atoms with Crippen molar-refractivity contribution in [3.63, 3.8) is 0 Å². The number of halogens is 2. The molecular formula is C15H8Cl2N4. The molecule has 21 heavy (non-hydrogen) atoms. The molecule has 4 aromatic rings. The van der Waals surface area contributed by atoms with E-state index in [1.807, 2.05) is 41.0 Å². The largest absolute Gasteiger partial charge is 0.278 e. The van der Waals surface area contributed by atoms with Crippen LogP contribution >= 0.6 is 23.2 Å². The second-order valence-electron chi connectivity index (χ2n) is 4.54. The fraction of sp³-hybridized carbons (Fsp3) is 0. The lowest BCUT2D eigenvalue weighted by Crippen LogP contribution is -2.02. The minimum atomic E-state index is 0.0758. The molecule has 0 aliphatic rings. The first kappa shape index (κ1) is 12.6. The molecule has 4 nitrogen and oxygen atoms in total. The van der Waals surface area contributed by atoms with Gasteiger partial charge in [0.1, 0.15) is 0 Å². The van der Waals surface area contributed by atoms with Gasteiger partial charge in [0.15, 0.2) is 0 Å². The van der Waals surface area contributed by atoms with Gasteiger partial charge in [0.2, 0.25) is 16.5 Å². The molecule has 0 N–H and O–H groups in total. The highest BCUT2D eigenvalue weighted by molar-refractivity contribution is 6.31. The van der Waals surface area contributed by atoms with E-state index in [0.29, 0.717) is 5.95 Å². The zero-order valence-corrected chi connectivity index (χ0v) is 12.2. The van der Waals surface area contributed by atoms with Crippen molar-refractivity contribution < 1.29 is 0 Å². The standard InChI is InChI=1S/C15H8Cl2N4/c16-13-18-14(17)20-15(19-13)21-11-7-3-1-5-9(11)10-6-2-4-8-12(10)21/h1-8H. The Morgan fingerprint density at radius 3 is 1.67 bits per heavy atom. The number of benzene rings is 2. The number of para-hydroxylation sites is 2. The van der Waals surface area contributed by atoms with Crippen LogP contribution in [0.15, 0.2) is 48.5 Å². The Morgan fingerprint density at radius 2 is 1.14 bits per heavy atom. The van der Waals surface area contributed by atoms with E-state index in [0.717, 1.165) is 21.8 Å². The lowest BCUT2D eigenvalue weighted by Gasteiger charge is -2.05. The first-order valence-electron chi connectivity index (χ1n) is 6.30. The van der Waals surface area contributed by atoms with Crippen LogP contribution in [0.4, 0.5) is 0 Å². The molecule has 2 heterocycles. The third-order valence-electron chi connectivity index (χ3n) is 3.35. The molecule has 0 radical (unpaired) electrons. The van der Waals surface area contributed by atoms with Gasteiger partial charge in [-0.05, 0) is 35.3 Å². The van der Waals surface area contributed by atoms with Crippen LogP contribution in [-0.4, -0.2) is 19.5 Å². The topological polar surface area (TPSA) is 43.6 Å². The Bertz CT molecular complexity index is 904. The summed E-state index contributed by atoms with van der Waals surface area (Å²) in [5, 5.41) is 2.40. The summed E-state index contributed by atoms with van der Waals surface area (Å²) in [7, 11) is 0. The van der Waals surface area contributed by atoms with Crippen LogP contribution in [0.2, 0.25) is 10.6 Å². The van der Waals surface area contributed by atoms with Crippen molar-refractivity contribution in [2.45, 2.75) is 0 Å². The SMILES string of the molecule is Clc1nc(Cl)nc(-n2c3ccccc3c3ccccc32)n1. The molecule has 0 atom stereocenters. The van der Waals surface area contributed by atoms with Gasteiger partial charge in [0.25, 0.3) is 0 Å². The Hall–Kier alpha value is -2.17. The van der Waals surface area contributed by atoms with Gasteiger partial charge in [-0.1, -0.05) is 36.4 Å². The number of hydrogen-bond donors (Lipinski definition) is 0. The van der Waals surface area contributed by atoms with E-state index in [4.69, 9.17) is 23.2 Å². The molecule has 0 aliphatic carbocycles. The highest BCUT2D eigenvalue weighted by atomic mass is 35.5. The zero-order chi connectivity index (χ0) is 14.4. The predicted molar refractivity (Wildman–Crippen MR) is 84.2 cm³/mol. The Morgan fingerprint density at radius 1 is 0.667 bits per heavy atom. The molecule has 4 rings (SSSR count). The van der Waals surface area contributed by atoms with Crippen LogP contribution in [0.1, 0.15) is 0 Å². The quantitative estimate of drug-likeness (QED) is 0.527. The van der Waals surface area contributed by atoms with E-state index >= 15 is 0 Å². The molecule has 0 saturated carbocycles. The van der Waals surface area contributed by atoms with Gasteiger partial charge >= 0.3 is 0 Å². The number of aromatic nitrogens is 4. The highest BCUT2D eigenvalue weighted by Gasteiger charge is 2.14. The fourth-order valence-corrected chi connectivity index (χ4v) is 2.91. The Balaban J connectivity index is 2.20. The van der Waals surface area contributed by atoms with Crippen LogP contribution < -0.4 is 0 Å². The van der Waals surface area contributed by atoms with Crippen molar-refractivity contribution in [3.05, 3.63) is 59.1 Å². The van der Waals surface area contributed by atoms with Crippen LogP contribution in [0.25, 0.3) is 27.8 Å². The molecule has 0 saturated heterocycles. The Labute approximate surface area is 130 Å². The Kier molecular flexibility index (Phi) is 2.80. The van der Waals surface area contributed by atoms with E-state index in [1.54, 1.807) is 0 Å². The summed E-state index contributed by atoms with van der Waals surface area (Å²) < 4.78 is 1.93. The second kappa shape index (κ2) is 4.69. The van der Waals surface area contributed by atoms with Gasteiger partial charge in [-0.15, -0.1) is 0 Å². The summed E-state index contributed by atoms with van der Waals surface area (Å²) in [6.45, 7) is 0. The molecule has 2 aromatic carbocycles. The molecule has 0 spiro atoms. The molecule has 0 bridgehead atoms. The van der Waals surface area contributed by atoms with Gasteiger partial charge < -0.3 is 0 Å². The van der Waals surface area contributed by atoms with Crippen molar-refractivity contribution in [2.75, 3.05) is 0 Å². The molecule has 0 unspecified atom stereocenters. The molecule has 0 fully saturated rings. The molecule has 0 aliphatic heterocycles. The van der Waals surface area contributed by atoms with E-state index in [1.165, 1.54) is 0 Å². The van der Waals surface area contributed by atoms with E-state index < -0.39 is 0 Å². The summed E-state index contributed by atoms with van der Waals surface area (Å²) in [6, 6.07) is 16.1. The van der Waals surface area contributed by atoms with Crippen LogP contribution in [-0.2, 0) is 0 Å². The van der Waals surface area contributed by atoms with Gasteiger partial charge in [-0.25, -0.2) is 0 Å². The predicted octanol–water partition coefficient (Wildman–Crippen LogP) is 4.28. The lowest BCUT2D eigenvalue weighted by molar-refractivity contribution is 0.941. The zero-order valence-electron chi connectivity index (χ0n) is 10.7. The van der Waals surface area contributed by atoms with Gasteiger partial charge in [0.05, 0.1) is 11.0 Å². The maximum absolute atomic E-state index is 5.91. The van der Waals surface area contributed by atoms with Crippen molar-refractivity contribution >= 4 is 45.0 Å². The minimum absolute atomic E-state index is 0.0758. The average molecular weight is 315 g/mol. The number of nitrogens with zero attached hydrogens (tertiary/aromatic N) is 4. The first-order chi connectivity index (χ1) is 10.2. The van der Waals surface area contributed by atoms with Crippen molar-refractivity contribution in [2.24, 2.45) is 0 Å². The van der Waals surface area contributed by atoms with Gasteiger partial charge in [-0.3, -0.25) is 4.57 Å². The number of fused-ring (bicyclic) bond motifs is 3. The van der Waals surface area contributed by atoms with E-state index in [9.17, 15) is 0 Å². The summed E-state index contributed by atoms with van der Waals surface area (Å²) in [5.74, 6) is 0.414.